The molecule has 4 rings (SSSR count). The third-order valence-corrected chi connectivity index (χ3v) is 5.45. The lowest BCUT2D eigenvalue weighted by Gasteiger charge is -2.30. The van der Waals surface area contributed by atoms with E-state index in [0.717, 1.165) is 23.3 Å². The van der Waals surface area contributed by atoms with Gasteiger partial charge in [-0.05, 0) is 31.4 Å². The van der Waals surface area contributed by atoms with Gasteiger partial charge in [-0.3, -0.25) is 9.89 Å². The van der Waals surface area contributed by atoms with Crippen LogP contribution in [0.1, 0.15) is 54.4 Å². The van der Waals surface area contributed by atoms with Crippen LogP contribution in [0.5, 0.6) is 0 Å². The second-order valence-electron chi connectivity index (χ2n) is 8.00. The zero-order valence-corrected chi connectivity index (χ0v) is 16.8. The number of amides is 1. The van der Waals surface area contributed by atoms with Gasteiger partial charge in [-0.2, -0.15) is 5.10 Å². The third kappa shape index (κ3) is 3.39. The third-order valence-electron chi connectivity index (χ3n) is 5.45. The molecule has 29 heavy (non-hydrogen) atoms. The number of nitrogens with zero attached hydrogens (tertiary/aromatic N) is 4. The van der Waals surface area contributed by atoms with Crippen LogP contribution in [0.4, 0.5) is 0 Å². The van der Waals surface area contributed by atoms with Gasteiger partial charge in [0.2, 0.25) is 5.91 Å². The van der Waals surface area contributed by atoms with Crippen LogP contribution in [-0.4, -0.2) is 48.2 Å². The van der Waals surface area contributed by atoms with Crippen LogP contribution in [-0.2, 0) is 24.2 Å². The highest BCUT2D eigenvalue weighted by Gasteiger charge is 2.31. The Morgan fingerprint density at radius 3 is 2.72 bits per heavy atom. The summed E-state index contributed by atoms with van der Waals surface area (Å²) in [6, 6.07) is 7.48. The number of carbonyl (C=O) groups excluding carboxylic acids is 1. The molecular formula is C21H25N5O3. The Kier molecular flexibility index (Phi) is 4.86. The fraction of sp³-hybridized carbons (Fsp3) is 0.429. The lowest BCUT2D eigenvalue weighted by Crippen LogP contribution is -2.40. The topological polar surface area (TPSA) is 104 Å². The Morgan fingerprint density at radius 1 is 1.24 bits per heavy atom. The molecule has 1 atom stereocenters. The van der Waals surface area contributed by atoms with Gasteiger partial charge in [0, 0.05) is 18.5 Å². The van der Waals surface area contributed by atoms with Gasteiger partial charge < -0.3 is 14.6 Å². The molecule has 0 saturated carbocycles. The van der Waals surface area contributed by atoms with E-state index in [1.165, 1.54) is 0 Å². The second kappa shape index (κ2) is 7.35. The summed E-state index contributed by atoms with van der Waals surface area (Å²) < 4.78 is 2.04. The van der Waals surface area contributed by atoms with Gasteiger partial charge in [0.25, 0.3) is 0 Å². The van der Waals surface area contributed by atoms with Crippen molar-refractivity contribution in [2.24, 2.45) is 5.92 Å². The molecule has 1 aromatic carbocycles. The summed E-state index contributed by atoms with van der Waals surface area (Å²) in [5.74, 6) is 0.286. The zero-order valence-electron chi connectivity index (χ0n) is 16.8. The number of nitrogens with one attached hydrogen (secondary N) is 1. The summed E-state index contributed by atoms with van der Waals surface area (Å²) in [4.78, 5) is 31.2. The summed E-state index contributed by atoms with van der Waals surface area (Å²) in [5.41, 5.74) is 3.30. The normalized spacial score (nSPS) is 15.0. The molecule has 3 heterocycles. The quantitative estimate of drug-likeness (QED) is 0.691. The highest BCUT2D eigenvalue weighted by atomic mass is 16.4. The van der Waals surface area contributed by atoms with Crippen molar-refractivity contribution in [3.05, 3.63) is 47.0 Å². The van der Waals surface area contributed by atoms with Crippen molar-refractivity contribution >= 4 is 22.9 Å². The summed E-state index contributed by atoms with van der Waals surface area (Å²) in [5, 5.41) is 15.9. The van der Waals surface area contributed by atoms with Crippen molar-refractivity contribution in [3.63, 3.8) is 0 Å². The van der Waals surface area contributed by atoms with Gasteiger partial charge >= 0.3 is 5.97 Å². The van der Waals surface area contributed by atoms with E-state index in [1.54, 1.807) is 4.90 Å². The van der Waals surface area contributed by atoms with Gasteiger partial charge in [0.05, 0.1) is 23.3 Å². The molecule has 2 N–H and O–H groups in total. The number of aromatic carboxylic acids is 1. The maximum atomic E-state index is 13.4. The molecule has 1 unspecified atom stereocenters. The van der Waals surface area contributed by atoms with E-state index in [9.17, 15) is 14.7 Å². The first-order valence-corrected chi connectivity index (χ1v) is 9.90. The standard InChI is InChI=1S/C21H25N5O3/c1-12(2)10-18-22-15-6-4-5-7-17(15)26(18)13(3)20(27)25-9-8-14-16(11-25)23-24-19(14)21(28)29/h4-7,12-13H,8-11H2,1-3H3,(H,23,24)(H,28,29). The first kappa shape index (κ1) is 19.2. The molecule has 0 aliphatic carbocycles. The largest absolute Gasteiger partial charge is 0.476 e. The summed E-state index contributed by atoms with van der Waals surface area (Å²) in [6.07, 6.45) is 1.27. The molecule has 0 fully saturated rings. The molecule has 3 aromatic rings. The highest BCUT2D eigenvalue weighted by molar-refractivity contribution is 5.88. The number of aromatic amines is 1. The molecule has 8 heteroatoms. The van der Waals surface area contributed by atoms with Gasteiger partial charge in [0.1, 0.15) is 11.9 Å². The number of carboxylic acid groups (broad SMARTS) is 1. The minimum Gasteiger partial charge on any atom is -0.476 e. The van der Waals surface area contributed by atoms with Gasteiger partial charge in [0.15, 0.2) is 5.69 Å². The predicted octanol–water partition coefficient (Wildman–Crippen LogP) is 2.80. The minimum absolute atomic E-state index is 0.00437. The van der Waals surface area contributed by atoms with E-state index in [4.69, 9.17) is 4.98 Å². The maximum absolute atomic E-state index is 13.4. The Labute approximate surface area is 168 Å². The fourth-order valence-electron chi connectivity index (χ4n) is 4.09. The van der Waals surface area contributed by atoms with E-state index in [1.807, 2.05) is 35.8 Å². The lowest BCUT2D eigenvalue weighted by atomic mass is 10.0. The Bertz CT molecular complexity index is 1080. The van der Waals surface area contributed by atoms with Crippen LogP contribution < -0.4 is 0 Å². The van der Waals surface area contributed by atoms with E-state index in [-0.39, 0.29) is 11.6 Å². The number of hydrogen-bond donors (Lipinski definition) is 2. The smallest absolute Gasteiger partial charge is 0.356 e. The van der Waals surface area contributed by atoms with Crippen LogP contribution in [0.15, 0.2) is 24.3 Å². The first-order valence-electron chi connectivity index (χ1n) is 9.90. The molecular weight excluding hydrogens is 370 g/mol. The average Bonchev–Trinajstić information content (AvgIpc) is 3.26. The summed E-state index contributed by atoms with van der Waals surface area (Å²) in [6.45, 7) is 7.00. The number of hydrogen-bond acceptors (Lipinski definition) is 4. The van der Waals surface area contributed by atoms with Gasteiger partial charge in [-0.25, -0.2) is 9.78 Å². The monoisotopic (exact) mass is 395 g/mol. The number of benzene rings is 1. The van der Waals surface area contributed by atoms with E-state index < -0.39 is 12.0 Å². The van der Waals surface area contributed by atoms with E-state index in [0.29, 0.717) is 36.7 Å². The Morgan fingerprint density at radius 2 is 2.00 bits per heavy atom. The minimum atomic E-state index is -1.04. The SMILES string of the molecule is CC(C)Cc1nc2ccccc2n1C(C)C(=O)N1CCc2c(C(=O)O)n[nH]c2C1. The second-order valence-corrected chi connectivity index (χ2v) is 8.00. The average molecular weight is 395 g/mol. The molecule has 1 aliphatic heterocycles. The molecule has 0 saturated heterocycles. The van der Waals surface area contributed by atoms with Crippen molar-refractivity contribution in [2.75, 3.05) is 6.54 Å². The molecule has 2 aromatic heterocycles. The van der Waals surface area contributed by atoms with Crippen LogP contribution in [0.2, 0.25) is 0 Å². The molecule has 0 spiro atoms. The molecule has 1 aliphatic rings. The van der Waals surface area contributed by atoms with E-state index in [2.05, 4.69) is 24.0 Å². The molecule has 1 amide bonds. The van der Waals surface area contributed by atoms with Crippen LogP contribution in [0.3, 0.4) is 0 Å². The van der Waals surface area contributed by atoms with Gasteiger partial charge in [-0.1, -0.05) is 26.0 Å². The number of para-hydroxylation sites is 2. The zero-order chi connectivity index (χ0) is 20.7. The Balaban J connectivity index is 1.64. The molecule has 0 radical (unpaired) electrons. The number of rotatable bonds is 5. The predicted molar refractivity (Wildman–Crippen MR) is 108 cm³/mol. The molecule has 152 valence electrons. The molecule has 0 bridgehead atoms. The first-order chi connectivity index (χ1) is 13.9. The number of H-pyrrole nitrogens is 1. The van der Waals surface area contributed by atoms with Crippen molar-refractivity contribution < 1.29 is 14.7 Å². The number of imidazole rings is 1. The summed E-state index contributed by atoms with van der Waals surface area (Å²) in [7, 11) is 0. The number of carbonyl (C=O) groups is 2. The Hall–Kier alpha value is -3.16. The lowest BCUT2D eigenvalue weighted by molar-refractivity contribution is -0.135. The van der Waals surface area contributed by atoms with Crippen molar-refractivity contribution in [1.29, 1.82) is 0 Å². The highest BCUT2D eigenvalue weighted by Crippen LogP contribution is 2.27. The molecule has 8 nitrogen and oxygen atoms in total. The van der Waals surface area contributed by atoms with Gasteiger partial charge in [-0.15, -0.1) is 0 Å². The van der Waals surface area contributed by atoms with Crippen molar-refractivity contribution in [2.45, 2.75) is 46.2 Å². The van der Waals surface area contributed by atoms with Crippen LogP contribution in [0, 0.1) is 5.92 Å². The van der Waals surface area contributed by atoms with Crippen molar-refractivity contribution in [3.8, 4) is 0 Å². The number of fused-ring (bicyclic) bond motifs is 2. The maximum Gasteiger partial charge on any atom is 0.356 e. The fourth-order valence-corrected chi connectivity index (χ4v) is 4.09. The van der Waals surface area contributed by atoms with Crippen molar-refractivity contribution in [1.82, 2.24) is 24.6 Å². The van der Waals surface area contributed by atoms with Crippen LogP contribution >= 0.6 is 0 Å². The number of aromatic nitrogens is 4. The number of carboxylic acids is 1. The van der Waals surface area contributed by atoms with Crippen LogP contribution in [0.25, 0.3) is 11.0 Å². The van der Waals surface area contributed by atoms with E-state index >= 15 is 0 Å². The summed E-state index contributed by atoms with van der Waals surface area (Å²) >= 11 is 0.